The maximum Gasteiger partial charge on any atom is 0.330 e. The Hall–Kier alpha value is -2.71. The van der Waals surface area contributed by atoms with E-state index >= 15 is 0 Å². The lowest BCUT2D eigenvalue weighted by Gasteiger charge is -2.15. The predicted octanol–water partition coefficient (Wildman–Crippen LogP) is 1.37. The van der Waals surface area contributed by atoms with Crippen molar-refractivity contribution >= 4 is 11.9 Å². The molecule has 0 unspecified atom stereocenters. The minimum Gasteiger partial charge on any atom is -0.477 e. The first kappa shape index (κ1) is 16.7. The van der Waals surface area contributed by atoms with Gasteiger partial charge >= 0.3 is 6.01 Å². The van der Waals surface area contributed by atoms with Crippen molar-refractivity contribution in [3.8, 4) is 17.8 Å². The quantitative estimate of drug-likeness (QED) is 0.750. The van der Waals surface area contributed by atoms with Crippen molar-refractivity contribution in [1.82, 2.24) is 25.1 Å². The Morgan fingerprint density at radius 2 is 1.43 bits per heavy atom. The largest absolute Gasteiger partial charge is 0.477 e. The predicted molar refractivity (Wildman–Crippen MR) is 86.4 cm³/mol. The van der Waals surface area contributed by atoms with Crippen LogP contribution in [-0.2, 0) is 0 Å². The lowest BCUT2D eigenvalue weighted by molar-refractivity contribution is 0.298. The van der Waals surface area contributed by atoms with E-state index in [1.165, 1.54) is 0 Å². The van der Waals surface area contributed by atoms with Crippen molar-refractivity contribution in [2.24, 2.45) is 0 Å². The molecule has 0 aliphatic carbocycles. The monoisotopic (exact) mass is 319 g/mol. The zero-order valence-corrected chi connectivity index (χ0v) is 14.0. The summed E-state index contributed by atoms with van der Waals surface area (Å²) in [5.41, 5.74) is 0. The van der Waals surface area contributed by atoms with Crippen LogP contribution >= 0.6 is 0 Å². The van der Waals surface area contributed by atoms with Crippen LogP contribution in [0, 0.1) is 0 Å². The molecule has 0 aromatic carbocycles. The molecule has 2 heterocycles. The fraction of sp³-hybridized carbons (Fsp3) is 0.500. The first-order valence-electron chi connectivity index (χ1n) is 7.24. The van der Waals surface area contributed by atoms with E-state index in [0.29, 0.717) is 24.4 Å². The lowest BCUT2D eigenvalue weighted by Crippen LogP contribution is -2.19. The third kappa shape index (κ3) is 4.63. The first-order chi connectivity index (χ1) is 11.0. The van der Waals surface area contributed by atoms with Gasteiger partial charge in [-0.05, 0) is 6.42 Å². The number of anilines is 2. The highest BCUT2D eigenvalue weighted by molar-refractivity contribution is 5.38. The van der Waals surface area contributed by atoms with Crippen molar-refractivity contribution < 1.29 is 9.47 Å². The van der Waals surface area contributed by atoms with Crippen LogP contribution in [0.4, 0.5) is 11.9 Å². The summed E-state index contributed by atoms with van der Waals surface area (Å²) >= 11 is 0. The van der Waals surface area contributed by atoms with Crippen LogP contribution in [0.3, 0.4) is 0 Å². The second kappa shape index (κ2) is 7.52. The molecule has 2 aromatic rings. The van der Waals surface area contributed by atoms with Gasteiger partial charge in [-0.25, -0.2) is 0 Å². The van der Waals surface area contributed by atoms with E-state index in [1.54, 1.807) is 21.9 Å². The Kier molecular flexibility index (Phi) is 5.45. The van der Waals surface area contributed by atoms with Crippen molar-refractivity contribution in [1.29, 1.82) is 0 Å². The Morgan fingerprint density at radius 3 is 1.91 bits per heavy atom. The molecule has 0 aliphatic heterocycles. The van der Waals surface area contributed by atoms with Crippen LogP contribution < -0.4 is 19.3 Å². The van der Waals surface area contributed by atoms with Crippen LogP contribution in [-0.4, -0.2) is 59.9 Å². The van der Waals surface area contributed by atoms with Crippen molar-refractivity contribution in [2.75, 3.05) is 44.6 Å². The zero-order valence-electron chi connectivity index (χ0n) is 14.0. The topological polar surface area (TPSA) is 89.4 Å². The van der Waals surface area contributed by atoms with Gasteiger partial charge in [-0.1, -0.05) is 6.92 Å². The van der Waals surface area contributed by atoms with Crippen LogP contribution in [0.15, 0.2) is 12.1 Å². The highest BCUT2D eigenvalue weighted by atomic mass is 16.5. The standard InChI is InChI=1S/C14H21N7O2/c1-6-9-22-10-7-8-11(19-18-10)23-14-16-12(20(2)3)15-13(17-14)21(4)5/h7-8H,6,9H2,1-5H3. The Morgan fingerprint density at radius 1 is 0.870 bits per heavy atom. The molecule has 2 rings (SSSR count). The minimum atomic E-state index is 0.156. The molecule has 0 fully saturated rings. The second-order valence-electron chi connectivity index (χ2n) is 5.17. The molecular weight excluding hydrogens is 298 g/mol. The van der Waals surface area contributed by atoms with Gasteiger partial charge in [0.05, 0.1) is 6.61 Å². The maximum absolute atomic E-state index is 5.57. The third-order valence-corrected chi connectivity index (χ3v) is 2.66. The molecule has 124 valence electrons. The van der Waals surface area contributed by atoms with Crippen LogP contribution in [0.2, 0.25) is 0 Å². The normalized spacial score (nSPS) is 10.3. The van der Waals surface area contributed by atoms with E-state index < -0.39 is 0 Å². The molecule has 0 radical (unpaired) electrons. The number of hydrogen-bond donors (Lipinski definition) is 0. The van der Waals surface area contributed by atoms with Gasteiger partial charge in [-0.2, -0.15) is 15.0 Å². The average molecular weight is 319 g/mol. The Bertz CT molecular complexity index is 605. The molecule has 9 nitrogen and oxygen atoms in total. The van der Waals surface area contributed by atoms with Gasteiger partial charge < -0.3 is 19.3 Å². The van der Waals surface area contributed by atoms with Crippen LogP contribution in [0.25, 0.3) is 0 Å². The maximum atomic E-state index is 5.57. The number of hydrogen-bond acceptors (Lipinski definition) is 9. The zero-order chi connectivity index (χ0) is 16.8. The lowest BCUT2D eigenvalue weighted by atomic mass is 10.5. The summed E-state index contributed by atoms with van der Waals surface area (Å²) in [5, 5.41) is 7.89. The van der Waals surface area contributed by atoms with Gasteiger partial charge in [-0.15, -0.1) is 10.2 Å². The summed E-state index contributed by atoms with van der Waals surface area (Å²) in [6, 6.07) is 3.51. The molecule has 0 saturated heterocycles. The van der Waals surface area contributed by atoms with Gasteiger partial charge in [0.1, 0.15) is 0 Å². The molecule has 0 N–H and O–H groups in total. The summed E-state index contributed by atoms with van der Waals surface area (Å²) in [6.07, 6.45) is 0.908. The van der Waals surface area contributed by atoms with E-state index in [9.17, 15) is 0 Å². The highest BCUT2D eigenvalue weighted by Gasteiger charge is 2.12. The van der Waals surface area contributed by atoms with E-state index in [2.05, 4.69) is 25.1 Å². The van der Waals surface area contributed by atoms with Crippen LogP contribution in [0.1, 0.15) is 13.3 Å². The molecule has 0 aliphatic rings. The van der Waals surface area contributed by atoms with Gasteiger partial charge in [0, 0.05) is 40.3 Å². The van der Waals surface area contributed by atoms with E-state index in [0.717, 1.165) is 6.42 Å². The van der Waals surface area contributed by atoms with Gasteiger partial charge in [-0.3, -0.25) is 0 Å². The molecule has 0 amide bonds. The summed E-state index contributed by atoms with van der Waals surface area (Å²) in [6.45, 7) is 2.62. The Labute approximate surface area is 135 Å². The van der Waals surface area contributed by atoms with E-state index in [1.807, 2.05) is 35.1 Å². The molecule has 0 bridgehead atoms. The van der Waals surface area contributed by atoms with Gasteiger partial charge in [0.15, 0.2) is 0 Å². The molecule has 0 atom stereocenters. The molecule has 0 saturated carbocycles. The number of aromatic nitrogens is 5. The SMILES string of the molecule is CCCOc1ccc(Oc2nc(N(C)C)nc(N(C)C)n2)nn1. The average Bonchev–Trinajstić information content (AvgIpc) is 2.53. The minimum absolute atomic E-state index is 0.156. The van der Waals surface area contributed by atoms with E-state index in [4.69, 9.17) is 9.47 Å². The number of nitrogens with zero attached hydrogens (tertiary/aromatic N) is 7. The molecule has 9 heteroatoms. The first-order valence-corrected chi connectivity index (χ1v) is 7.24. The molecular formula is C14H21N7O2. The van der Waals surface area contributed by atoms with Crippen molar-refractivity contribution in [2.45, 2.75) is 13.3 Å². The highest BCUT2D eigenvalue weighted by Crippen LogP contribution is 2.20. The van der Waals surface area contributed by atoms with Crippen molar-refractivity contribution in [3.63, 3.8) is 0 Å². The summed E-state index contributed by atoms with van der Waals surface area (Å²) in [7, 11) is 7.38. The summed E-state index contributed by atoms with van der Waals surface area (Å²) < 4.78 is 11.0. The van der Waals surface area contributed by atoms with Crippen LogP contribution in [0.5, 0.6) is 17.8 Å². The molecule has 23 heavy (non-hydrogen) atoms. The van der Waals surface area contributed by atoms with Crippen molar-refractivity contribution in [3.05, 3.63) is 12.1 Å². The number of rotatable bonds is 7. The summed E-state index contributed by atoms with van der Waals surface area (Å²) in [5.74, 6) is 1.73. The molecule has 0 spiro atoms. The van der Waals surface area contributed by atoms with Gasteiger partial charge in [0.2, 0.25) is 23.7 Å². The van der Waals surface area contributed by atoms with E-state index in [-0.39, 0.29) is 11.9 Å². The fourth-order valence-corrected chi connectivity index (χ4v) is 1.52. The second-order valence-corrected chi connectivity index (χ2v) is 5.17. The third-order valence-electron chi connectivity index (χ3n) is 2.66. The fourth-order valence-electron chi connectivity index (χ4n) is 1.52. The smallest absolute Gasteiger partial charge is 0.330 e. The number of ether oxygens (including phenoxy) is 2. The molecule has 2 aromatic heterocycles. The Balaban J connectivity index is 2.18. The summed E-state index contributed by atoms with van der Waals surface area (Å²) in [4.78, 5) is 16.3. The van der Waals surface area contributed by atoms with Gasteiger partial charge in [0.25, 0.3) is 0 Å².